The van der Waals surface area contributed by atoms with Gasteiger partial charge in [0.25, 0.3) is 5.91 Å². The Hall–Kier alpha value is -2.28. The third kappa shape index (κ3) is 5.15. The van der Waals surface area contributed by atoms with E-state index in [0.717, 1.165) is 12.1 Å². The molecule has 0 saturated heterocycles. The monoisotopic (exact) mass is 281 g/mol. The first-order valence-corrected chi connectivity index (χ1v) is 6.16. The van der Waals surface area contributed by atoms with E-state index in [1.807, 2.05) is 18.3 Å². The zero-order chi connectivity index (χ0) is 15.0. The molecular formula is C13H19N3O4. The zero-order valence-corrected chi connectivity index (χ0v) is 11.6. The molecule has 0 radical (unpaired) electrons. The second-order valence-corrected chi connectivity index (χ2v) is 3.96. The molecule has 0 bridgehead atoms. The number of hydrogen-bond acceptors (Lipinski definition) is 5. The van der Waals surface area contributed by atoms with E-state index in [0.29, 0.717) is 18.0 Å². The minimum absolute atomic E-state index is 0.283. The third-order valence-electron chi connectivity index (χ3n) is 2.45. The van der Waals surface area contributed by atoms with Crippen molar-refractivity contribution in [2.24, 2.45) is 5.73 Å². The summed E-state index contributed by atoms with van der Waals surface area (Å²) in [5.74, 6) is 0.654. The molecule has 0 heterocycles. The van der Waals surface area contributed by atoms with Crippen LogP contribution in [0.25, 0.3) is 0 Å². The van der Waals surface area contributed by atoms with Crippen LogP contribution in [0.1, 0.15) is 12.5 Å². The number of ether oxygens (including phenoxy) is 2. The van der Waals surface area contributed by atoms with Crippen LogP contribution in [0, 0.1) is 0 Å². The van der Waals surface area contributed by atoms with Gasteiger partial charge in [0.05, 0.1) is 7.11 Å². The Morgan fingerprint density at radius 1 is 1.35 bits per heavy atom. The zero-order valence-electron chi connectivity index (χ0n) is 11.6. The number of nitrogens with two attached hydrogens (primary N) is 1. The van der Waals surface area contributed by atoms with Crippen LogP contribution in [-0.4, -0.2) is 32.2 Å². The predicted molar refractivity (Wildman–Crippen MR) is 73.6 cm³/mol. The van der Waals surface area contributed by atoms with Crippen LogP contribution in [0.5, 0.6) is 11.5 Å². The fourth-order valence-corrected chi connectivity index (χ4v) is 1.54. The van der Waals surface area contributed by atoms with Crippen molar-refractivity contribution in [2.45, 2.75) is 13.5 Å². The molecule has 0 aliphatic rings. The van der Waals surface area contributed by atoms with Gasteiger partial charge >= 0.3 is 6.03 Å². The summed E-state index contributed by atoms with van der Waals surface area (Å²) < 4.78 is 10.5. The van der Waals surface area contributed by atoms with Gasteiger partial charge in [0.1, 0.15) is 11.5 Å². The van der Waals surface area contributed by atoms with Crippen LogP contribution in [0.4, 0.5) is 4.79 Å². The Balaban J connectivity index is 2.72. The summed E-state index contributed by atoms with van der Waals surface area (Å²) in [5, 5.41) is 5.10. The molecule has 20 heavy (non-hydrogen) atoms. The van der Waals surface area contributed by atoms with Crippen molar-refractivity contribution in [3.05, 3.63) is 23.8 Å². The smallest absolute Gasteiger partial charge is 0.318 e. The number of hydrogen-bond donors (Lipinski definition) is 3. The molecule has 0 aliphatic carbocycles. The number of rotatable bonds is 7. The van der Waals surface area contributed by atoms with Gasteiger partial charge in [-0.3, -0.25) is 10.1 Å². The molecule has 0 spiro atoms. The molecule has 0 fully saturated rings. The van der Waals surface area contributed by atoms with Gasteiger partial charge in [-0.2, -0.15) is 0 Å². The number of imide groups is 1. The number of urea groups is 1. The van der Waals surface area contributed by atoms with Gasteiger partial charge in [-0.25, -0.2) is 4.79 Å². The Morgan fingerprint density at radius 2 is 2.10 bits per heavy atom. The van der Waals surface area contributed by atoms with Gasteiger partial charge in [-0.05, 0) is 24.7 Å². The summed E-state index contributed by atoms with van der Waals surface area (Å²) in [5.41, 5.74) is 5.70. The van der Waals surface area contributed by atoms with Gasteiger partial charge in [-0.1, -0.05) is 6.92 Å². The molecule has 1 aromatic carbocycles. The van der Waals surface area contributed by atoms with Gasteiger partial charge in [0.2, 0.25) is 0 Å². The van der Waals surface area contributed by atoms with E-state index >= 15 is 0 Å². The number of benzene rings is 1. The minimum atomic E-state index is -0.902. The van der Waals surface area contributed by atoms with Gasteiger partial charge < -0.3 is 20.5 Å². The Labute approximate surface area is 117 Å². The summed E-state index contributed by atoms with van der Waals surface area (Å²) in [4.78, 5) is 21.8. The van der Waals surface area contributed by atoms with Crippen molar-refractivity contribution in [2.75, 3.05) is 20.3 Å². The molecular weight excluding hydrogens is 262 g/mol. The van der Waals surface area contributed by atoms with Crippen molar-refractivity contribution in [3.63, 3.8) is 0 Å². The summed E-state index contributed by atoms with van der Waals surface area (Å²) in [7, 11) is 1.58. The predicted octanol–water partition coefficient (Wildman–Crippen LogP) is 0.378. The number of carbonyl (C=O) groups is 2. The van der Waals surface area contributed by atoms with Crippen molar-refractivity contribution in [1.29, 1.82) is 0 Å². The number of nitrogens with one attached hydrogen (secondary N) is 2. The van der Waals surface area contributed by atoms with Crippen LogP contribution in [0.15, 0.2) is 18.2 Å². The normalized spacial score (nSPS) is 9.90. The molecule has 0 atom stereocenters. The molecule has 7 heteroatoms. The van der Waals surface area contributed by atoms with Gasteiger partial charge in [0.15, 0.2) is 6.61 Å². The van der Waals surface area contributed by atoms with Gasteiger partial charge in [-0.15, -0.1) is 0 Å². The number of amides is 3. The summed E-state index contributed by atoms with van der Waals surface area (Å²) in [6.07, 6.45) is 0. The Morgan fingerprint density at radius 3 is 2.70 bits per heavy atom. The first-order valence-electron chi connectivity index (χ1n) is 6.16. The maximum Gasteiger partial charge on any atom is 0.318 e. The molecule has 4 N–H and O–H groups in total. The number of carbonyl (C=O) groups excluding carboxylic acids is 2. The lowest BCUT2D eigenvalue weighted by Gasteiger charge is -2.13. The Bertz CT molecular complexity index is 477. The lowest BCUT2D eigenvalue weighted by molar-refractivity contribution is -0.121. The average Bonchev–Trinajstić information content (AvgIpc) is 2.42. The highest BCUT2D eigenvalue weighted by molar-refractivity contribution is 5.94. The molecule has 3 amide bonds. The van der Waals surface area contributed by atoms with Crippen molar-refractivity contribution in [1.82, 2.24) is 10.6 Å². The van der Waals surface area contributed by atoms with Crippen LogP contribution in [-0.2, 0) is 11.3 Å². The molecule has 0 unspecified atom stereocenters. The first-order chi connectivity index (χ1) is 9.56. The van der Waals surface area contributed by atoms with E-state index in [4.69, 9.17) is 15.2 Å². The van der Waals surface area contributed by atoms with Crippen LogP contribution in [0.3, 0.4) is 0 Å². The average molecular weight is 281 g/mol. The van der Waals surface area contributed by atoms with E-state index < -0.39 is 11.9 Å². The lowest BCUT2D eigenvalue weighted by Crippen LogP contribution is -2.38. The fraction of sp³-hybridized carbons (Fsp3) is 0.385. The van der Waals surface area contributed by atoms with E-state index in [2.05, 4.69) is 5.32 Å². The largest absolute Gasteiger partial charge is 0.497 e. The number of methoxy groups -OCH3 is 1. The highest BCUT2D eigenvalue weighted by Crippen LogP contribution is 2.24. The van der Waals surface area contributed by atoms with Crippen LogP contribution in [0.2, 0.25) is 0 Å². The van der Waals surface area contributed by atoms with Crippen molar-refractivity contribution >= 4 is 11.9 Å². The second-order valence-electron chi connectivity index (χ2n) is 3.96. The highest BCUT2D eigenvalue weighted by atomic mass is 16.5. The maximum absolute atomic E-state index is 11.3. The SMILES string of the molecule is CCNCc1cc(OC)ccc1OCC(=O)NC(N)=O. The topological polar surface area (TPSA) is 103 Å². The van der Waals surface area contributed by atoms with Crippen molar-refractivity contribution in [3.8, 4) is 11.5 Å². The van der Waals surface area contributed by atoms with Crippen molar-refractivity contribution < 1.29 is 19.1 Å². The third-order valence-corrected chi connectivity index (χ3v) is 2.45. The van der Waals surface area contributed by atoms with E-state index in [1.165, 1.54) is 0 Å². The van der Waals surface area contributed by atoms with Crippen LogP contribution >= 0.6 is 0 Å². The molecule has 110 valence electrons. The van der Waals surface area contributed by atoms with E-state index in [-0.39, 0.29) is 6.61 Å². The highest BCUT2D eigenvalue weighted by Gasteiger charge is 2.09. The molecule has 1 rings (SSSR count). The number of primary amides is 1. The standard InChI is InChI=1S/C13H19N3O4/c1-3-15-7-9-6-10(19-2)4-5-11(9)20-8-12(17)16-13(14)18/h4-6,15H,3,7-8H2,1-2H3,(H3,14,16,17,18). The summed E-state index contributed by atoms with van der Waals surface area (Å²) in [6, 6.07) is 4.37. The molecule has 0 aromatic heterocycles. The maximum atomic E-state index is 11.3. The molecule has 7 nitrogen and oxygen atoms in total. The van der Waals surface area contributed by atoms with Crippen LogP contribution < -0.4 is 25.8 Å². The van der Waals surface area contributed by atoms with E-state index in [1.54, 1.807) is 19.2 Å². The molecule has 1 aromatic rings. The quantitative estimate of drug-likeness (QED) is 0.670. The van der Waals surface area contributed by atoms with E-state index in [9.17, 15) is 9.59 Å². The minimum Gasteiger partial charge on any atom is -0.497 e. The Kier molecular flexibility index (Phi) is 6.31. The fourth-order valence-electron chi connectivity index (χ4n) is 1.54. The molecule has 0 aliphatic heterocycles. The first kappa shape index (κ1) is 15.8. The summed E-state index contributed by atoms with van der Waals surface area (Å²) in [6.45, 7) is 3.09. The summed E-state index contributed by atoms with van der Waals surface area (Å²) >= 11 is 0. The second kappa shape index (κ2) is 8.00. The van der Waals surface area contributed by atoms with Gasteiger partial charge in [0, 0.05) is 12.1 Å². The molecule has 0 saturated carbocycles. The lowest BCUT2D eigenvalue weighted by atomic mass is 10.2.